The van der Waals surface area contributed by atoms with Crippen LogP contribution in [0.25, 0.3) is 0 Å². The third-order valence-electron chi connectivity index (χ3n) is 3.27. The normalized spacial score (nSPS) is 14.6. The molecule has 4 nitrogen and oxygen atoms in total. The highest BCUT2D eigenvalue weighted by Gasteiger charge is 2.15. The summed E-state index contributed by atoms with van der Waals surface area (Å²) < 4.78 is 0. The maximum Gasteiger partial charge on any atom is 0.124 e. The Kier molecular flexibility index (Phi) is 3.21. The molecular formula is C16H14N2O2. The monoisotopic (exact) mass is 266 g/mol. The fraction of sp³-hybridized carbons (Fsp3) is 0.125. The van der Waals surface area contributed by atoms with E-state index in [1.165, 1.54) is 0 Å². The molecule has 0 aliphatic carbocycles. The highest BCUT2D eigenvalue weighted by atomic mass is 16.3. The van der Waals surface area contributed by atoms with Gasteiger partial charge >= 0.3 is 0 Å². The Morgan fingerprint density at radius 1 is 0.650 bits per heavy atom. The lowest BCUT2D eigenvalue weighted by Gasteiger charge is -2.14. The summed E-state index contributed by atoms with van der Waals surface area (Å²) in [6, 6.07) is 14.2. The number of phenolic OH excluding ortho intramolecular Hbond substituents is 2. The number of aromatic hydroxyl groups is 2. The quantitative estimate of drug-likeness (QED) is 0.876. The van der Waals surface area contributed by atoms with Crippen LogP contribution in [0, 0.1) is 0 Å². The molecule has 0 amide bonds. The summed E-state index contributed by atoms with van der Waals surface area (Å²) in [5, 5.41) is 19.6. The van der Waals surface area contributed by atoms with Crippen LogP contribution in [0.2, 0.25) is 0 Å². The van der Waals surface area contributed by atoms with E-state index >= 15 is 0 Å². The molecule has 0 saturated heterocycles. The Bertz CT molecular complexity index is 644. The van der Waals surface area contributed by atoms with Crippen LogP contribution in [0.5, 0.6) is 11.5 Å². The molecule has 0 spiro atoms. The van der Waals surface area contributed by atoms with Gasteiger partial charge < -0.3 is 10.2 Å². The van der Waals surface area contributed by atoms with E-state index in [-0.39, 0.29) is 11.5 Å². The smallest absolute Gasteiger partial charge is 0.124 e. The zero-order valence-electron chi connectivity index (χ0n) is 10.8. The van der Waals surface area contributed by atoms with Crippen molar-refractivity contribution in [1.82, 2.24) is 0 Å². The molecule has 20 heavy (non-hydrogen) atoms. The number of nitrogens with zero attached hydrogens (tertiary/aromatic N) is 2. The minimum Gasteiger partial charge on any atom is -0.507 e. The van der Waals surface area contributed by atoms with Crippen molar-refractivity contribution in [3.8, 4) is 11.5 Å². The molecule has 1 aliphatic rings. The first-order valence-corrected chi connectivity index (χ1v) is 6.39. The van der Waals surface area contributed by atoms with Crippen LogP contribution in [0.3, 0.4) is 0 Å². The number of para-hydroxylation sites is 2. The van der Waals surface area contributed by atoms with Crippen LogP contribution >= 0.6 is 0 Å². The number of hydrogen-bond acceptors (Lipinski definition) is 4. The lowest BCUT2D eigenvalue weighted by atomic mass is 10.1. The Morgan fingerprint density at radius 3 is 1.40 bits per heavy atom. The van der Waals surface area contributed by atoms with Crippen molar-refractivity contribution < 1.29 is 10.2 Å². The zero-order chi connectivity index (χ0) is 13.9. The Morgan fingerprint density at radius 2 is 1.05 bits per heavy atom. The number of phenols is 2. The predicted molar refractivity (Wildman–Crippen MR) is 79.0 cm³/mol. The predicted octanol–water partition coefficient (Wildman–Crippen LogP) is 2.39. The molecule has 0 radical (unpaired) electrons. The molecule has 1 aliphatic heterocycles. The molecule has 0 bridgehead atoms. The Hall–Kier alpha value is -2.62. The van der Waals surface area contributed by atoms with Gasteiger partial charge in [0.2, 0.25) is 0 Å². The third kappa shape index (κ3) is 2.28. The average Bonchev–Trinajstić information content (AvgIpc) is 2.49. The van der Waals surface area contributed by atoms with Crippen LogP contribution in [-0.4, -0.2) is 34.7 Å². The van der Waals surface area contributed by atoms with Crippen molar-refractivity contribution in [1.29, 1.82) is 0 Å². The van der Waals surface area contributed by atoms with E-state index < -0.39 is 0 Å². The minimum absolute atomic E-state index is 0.215. The summed E-state index contributed by atoms with van der Waals surface area (Å²) in [6.45, 7) is 0.808. The lowest BCUT2D eigenvalue weighted by molar-refractivity contribution is 0.473. The van der Waals surface area contributed by atoms with Gasteiger partial charge in [-0.3, -0.25) is 9.98 Å². The molecule has 100 valence electrons. The molecule has 0 atom stereocenters. The molecule has 0 aromatic heterocycles. The minimum atomic E-state index is 0.215. The van der Waals surface area contributed by atoms with E-state index in [4.69, 9.17) is 0 Å². The molecule has 3 rings (SSSR count). The van der Waals surface area contributed by atoms with Gasteiger partial charge in [-0.25, -0.2) is 0 Å². The second kappa shape index (κ2) is 5.17. The Balaban J connectivity index is 1.85. The van der Waals surface area contributed by atoms with Gasteiger partial charge in [-0.05, 0) is 24.3 Å². The van der Waals surface area contributed by atoms with E-state index in [1.54, 1.807) is 24.3 Å². The Labute approximate surface area is 116 Å². The second-order valence-corrected chi connectivity index (χ2v) is 4.56. The first kappa shape index (κ1) is 12.4. The molecule has 0 fully saturated rings. The van der Waals surface area contributed by atoms with Gasteiger partial charge in [-0.15, -0.1) is 0 Å². The van der Waals surface area contributed by atoms with Crippen molar-refractivity contribution in [2.45, 2.75) is 0 Å². The highest BCUT2D eigenvalue weighted by molar-refractivity contribution is 6.12. The summed E-state index contributed by atoms with van der Waals surface area (Å²) in [6.07, 6.45) is 0. The van der Waals surface area contributed by atoms with Crippen molar-refractivity contribution >= 4 is 11.4 Å². The van der Waals surface area contributed by atoms with Crippen LogP contribution in [0.15, 0.2) is 58.5 Å². The summed E-state index contributed by atoms with van der Waals surface area (Å²) in [7, 11) is 0. The standard InChI is InChI=1S/C16H14N2O2/c19-15-7-3-1-5-11(15)13-9-18-14(10-17-13)12-6-2-4-8-16(12)20/h1-8,19-20H,9-10H2. The highest BCUT2D eigenvalue weighted by Crippen LogP contribution is 2.21. The average molecular weight is 266 g/mol. The number of aliphatic imine (C=N–C) groups is 2. The van der Waals surface area contributed by atoms with Crippen molar-refractivity contribution in [3.63, 3.8) is 0 Å². The molecule has 2 aromatic rings. The van der Waals surface area contributed by atoms with Gasteiger partial charge in [-0.2, -0.15) is 0 Å². The number of rotatable bonds is 2. The van der Waals surface area contributed by atoms with E-state index in [2.05, 4.69) is 9.98 Å². The first-order chi connectivity index (χ1) is 9.75. The van der Waals surface area contributed by atoms with E-state index in [0.717, 1.165) is 11.4 Å². The summed E-state index contributed by atoms with van der Waals surface area (Å²) in [4.78, 5) is 8.95. The fourth-order valence-corrected chi connectivity index (χ4v) is 2.22. The zero-order valence-corrected chi connectivity index (χ0v) is 10.8. The van der Waals surface area contributed by atoms with Crippen LogP contribution in [-0.2, 0) is 0 Å². The lowest BCUT2D eigenvalue weighted by Crippen LogP contribution is -2.19. The molecule has 4 heteroatoms. The van der Waals surface area contributed by atoms with Gasteiger partial charge in [-0.1, -0.05) is 24.3 Å². The molecule has 2 N–H and O–H groups in total. The molecule has 0 saturated carbocycles. The van der Waals surface area contributed by atoms with Crippen LogP contribution < -0.4 is 0 Å². The van der Waals surface area contributed by atoms with Gasteiger partial charge in [0.1, 0.15) is 11.5 Å². The molecule has 1 heterocycles. The van der Waals surface area contributed by atoms with Crippen molar-refractivity contribution in [2.75, 3.05) is 13.1 Å². The summed E-state index contributed by atoms with van der Waals surface area (Å²) >= 11 is 0. The third-order valence-corrected chi connectivity index (χ3v) is 3.27. The number of benzene rings is 2. The van der Waals surface area contributed by atoms with Crippen LogP contribution in [0.1, 0.15) is 11.1 Å². The largest absolute Gasteiger partial charge is 0.507 e. The SMILES string of the molecule is Oc1ccccc1C1=NCC(c2ccccc2O)=NC1. The van der Waals surface area contributed by atoms with Crippen LogP contribution in [0.4, 0.5) is 0 Å². The topological polar surface area (TPSA) is 65.2 Å². The first-order valence-electron chi connectivity index (χ1n) is 6.39. The molecular weight excluding hydrogens is 252 g/mol. The summed E-state index contributed by atoms with van der Waals surface area (Å²) in [5.41, 5.74) is 2.96. The van der Waals surface area contributed by atoms with E-state index in [0.29, 0.717) is 24.2 Å². The second-order valence-electron chi connectivity index (χ2n) is 4.56. The van der Waals surface area contributed by atoms with E-state index in [9.17, 15) is 10.2 Å². The van der Waals surface area contributed by atoms with Crippen molar-refractivity contribution in [3.05, 3.63) is 59.7 Å². The van der Waals surface area contributed by atoms with E-state index in [1.807, 2.05) is 24.3 Å². The summed E-state index contributed by atoms with van der Waals surface area (Å²) in [5.74, 6) is 0.430. The van der Waals surface area contributed by atoms with Gasteiger partial charge in [0, 0.05) is 11.1 Å². The molecule has 2 aromatic carbocycles. The van der Waals surface area contributed by atoms with Gasteiger partial charge in [0.05, 0.1) is 24.5 Å². The fourth-order valence-electron chi connectivity index (χ4n) is 2.22. The maximum atomic E-state index is 9.82. The maximum absolute atomic E-state index is 9.82. The molecule has 0 unspecified atom stereocenters. The van der Waals surface area contributed by atoms with Gasteiger partial charge in [0.15, 0.2) is 0 Å². The van der Waals surface area contributed by atoms with Crippen molar-refractivity contribution in [2.24, 2.45) is 9.98 Å². The number of hydrogen-bond donors (Lipinski definition) is 2. The van der Waals surface area contributed by atoms with Gasteiger partial charge in [0.25, 0.3) is 0 Å².